The smallest absolute Gasteiger partial charge is 0.227 e. The van der Waals surface area contributed by atoms with Gasteiger partial charge in [0, 0.05) is 120 Å². The van der Waals surface area contributed by atoms with Crippen LogP contribution in [-0.2, 0) is 21.1 Å². The van der Waals surface area contributed by atoms with Crippen LogP contribution < -0.4 is 13.7 Å². The van der Waals surface area contributed by atoms with E-state index >= 15 is 0 Å². The molecule has 0 saturated carbocycles. The third-order valence-electron chi connectivity index (χ3n) is 30.1. The molecule has 30 rings (SSSR count). The number of pyridine rings is 6. The molecule has 0 fully saturated rings. The Hall–Kier alpha value is -15.1. The lowest BCUT2D eigenvalue weighted by molar-refractivity contribution is -0.660. The van der Waals surface area contributed by atoms with E-state index in [1.807, 2.05) is 20.8 Å². The van der Waals surface area contributed by atoms with Crippen molar-refractivity contribution in [3.8, 4) is 67.2 Å². The monoisotopic (exact) mass is 1690 g/mol. The van der Waals surface area contributed by atoms with Gasteiger partial charge in [0.15, 0.2) is 35.3 Å². The Kier molecular flexibility index (Phi) is 17.5. The zero-order chi connectivity index (χ0) is 88.7. The second-order valence-corrected chi connectivity index (χ2v) is 38.1. The number of aromatic nitrogens is 6. The summed E-state index contributed by atoms with van der Waals surface area (Å²) in [5, 5.41) is 6.49. The number of aryl methyl sites for hydroxylation is 14. The van der Waals surface area contributed by atoms with Gasteiger partial charge in [0.05, 0.1) is 16.7 Å². The topological polar surface area (TPSA) is 89.7 Å². The Morgan fingerprint density at radius 2 is 0.496 bits per heavy atom. The quantitative estimate of drug-likeness (QED) is 0.154. The number of benzene rings is 12. The summed E-state index contributed by atoms with van der Waals surface area (Å²) in [7, 11) is 6.41. The summed E-state index contributed by atoms with van der Waals surface area (Å²) >= 11 is 0. The van der Waals surface area contributed by atoms with Crippen LogP contribution in [0, 0.1) is 76.2 Å². The second kappa shape index (κ2) is 29.2. The predicted octanol–water partition coefficient (Wildman–Crippen LogP) is 27.8. The molecule has 21 aromatic rings. The van der Waals surface area contributed by atoms with Crippen molar-refractivity contribution in [2.75, 3.05) is 0 Å². The highest BCUT2D eigenvalue weighted by molar-refractivity contribution is 6.11. The minimum absolute atomic E-state index is 0.253. The summed E-state index contributed by atoms with van der Waals surface area (Å²) in [6, 6.07) is 104. The summed E-state index contributed by atoms with van der Waals surface area (Å²) in [6.45, 7) is 23.7. The van der Waals surface area contributed by atoms with Crippen LogP contribution in [-0.4, -0.2) is 15.0 Å². The first kappa shape index (κ1) is 78.2. The fourth-order valence-electron chi connectivity index (χ4n) is 24.2. The summed E-state index contributed by atoms with van der Waals surface area (Å²) in [6.07, 6.45) is 6.77. The predicted molar refractivity (Wildman–Crippen MR) is 527 cm³/mol. The van der Waals surface area contributed by atoms with Crippen LogP contribution in [0.3, 0.4) is 0 Å². The average Bonchev–Trinajstić information content (AvgIpc) is 0.964. The molecule has 9 nitrogen and oxygen atoms in total. The molecule has 12 aromatic carbocycles. The van der Waals surface area contributed by atoms with Gasteiger partial charge in [-0.2, -0.15) is 0 Å². The maximum atomic E-state index is 6.50. The Labute approximate surface area is 762 Å². The van der Waals surface area contributed by atoms with Gasteiger partial charge < -0.3 is 13.3 Å². The summed E-state index contributed by atoms with van der Waals surface area (Å²) in [5.74, 6) is 1.62. The first-order valence-electron chi connectivity index (χ1n) is 46.1. The summed E-state index contributed by atoms with van der Waals surface area (Å²) in [4.78, 5) is 14.1. The van der Waals surface area contributed by atoms with E-state index in [-0.39, 0.29) is 35.5 Å². The van der Waals surface area contributed by atoms with Gasteiger partial charge in [0.1, 0.15) is 21.1 Å². The van der Waals surface area contributed by atoms with Crippen molar-refractivity contribution < 1.29 is 27.0 Å². The summed E-state index contributed by atoms with van der Waals surface area (Å²) < 4.78 is 26.2. The van der Waals surface area contributed by atoms with Crippen molar-refractivity contribution >= 4 is 66.2 Å². The van der Waals surface area contributed by atoms with Gasteiger partial charge in [-0.1, -0.05) is 212 Å². The molecule has 0 radical (unpaired) electrons. The van der Waals surface area contributed by atoms with Crippen LogP contribution in [0.5, 0.6) is 0 Å². The molecule has 9 heteroatoms. The lowest BCUT2D eigenvalue weighted by Crippen LogP contribution is -2.31. The van der Waals surface area contributed by atoms with Crippen molar-refractivity contribution in [1.82, 2.24) is 15.0 Å². The van der Waals surface area contributed by atoms with Gasteiger partial charge in [-0.05, 0) is 287 Å². The highest BCUT2D eigenvalue weighted by Gasteiger charge is 2.46. The van der Waals surface area contributed by atoms with Crippen LogP contribution in [0.1, 0.15) is 197 Å². The molecule has 9 aliphatic rings. The lowest BCUT2D eigenvalue weighted by Gasteiger charge is -2.43. The maximum absolute atomic E-state index is 6.50. The van der Waals surface area contributed by atoms with Gasteiger partial charge in [-0.15, -0.1) is 0 Å². The van der Waals surface area contributed by atoms with Crippen LogP contribution >= 0.6 is 0 Å². The van der Waals surface area contributed by atoms with Gasteiger partial charge in [0.25, 0.3) is 0 Å². The maximum Gasteiger partial charge on any atom is 0.227 e. The SMILES string of the molecule is Cc1ccc2c(c1)C1c3ccccc3C2c2cc(-c3cc(-c4c(C)ccc5c4oc4nc(C)ccc45)[n+](C)cc3C)ccc21.Cc1ccc2c(n1)oc1c(-c3cc(-c4cc(C)c5c(c4)C4c6ccccc6C5c5ccccc54)c(C)c[n+]3C)c(C)ccc12.Cc1ccc2c(n1)oc1c(-c3cc(-c4ccc5c(c4)C4c6ccccc6C5c5ccccc54)c(C)c[n+]3C)c(C)ccc12. The number of furan rings is 3. The summed E-state index contributed by atoms with van der Waals surface area (Å²) in [5.41, 5.74) is 58.1. The van der Waals surface area contributed by atoms with Crippen molar-refractivity contribution in [3.63, 3.8) is 0 Å². The van der Waals surface area contributed by atoms with E-state index in [1.54, 1.807) is 0 Å². The van der Waals surface area contributed by atoms with Gasteiger partial charge in [-0.3, -0.25) is 0 Å². The molecule has 2 atom stereocenters. The number of hydrogen-bond donors (Lipinski definition) is 0. The number of fused-ring (bicyclic) bond motifs is 9. The number of hydrogen-bond acceptors (Lipinski definition) is 6. The van der Waals surface area contributed by atoms with Crippen LogP contribution in [0.2, 0.25) is 0 Å². The van der Waals surface area contributed by atoms with Gasteiger partial charge in [0.2, 0.25) is 34.2 Å². The standard InChI is InChI=1S/2C41H33N2O.C40H31N2O/c1-22-14-16-31-32-17-15-25(4)42-41(32)44-40(31)37(22)35-20-33(24(3)21-43(35)5)26-18-23(2)36-34(19-26)38-27-10-6-8-12-29(27)39(36)30-13-9-7-11-28(30)38;1-22-10-14-29-34(18-22)38-27-8-6-7-9-28(27)39(29)35-19-26(13-17-30(35)38)33-20-36(43(5)21-24(33)3)37-23(2)11-15-31-32-16-12-25(4)42-41(32)44-40(31)37;1-22-13-16-31-32-17-14-24(3)41-40(32)43-39(31)36(22)35-20-33(23(2)21-42(35)4)25-15-18-30-34(19-25)38-28-11-7-5-9-26(28)37(30)27-10-6-8-12-29(27)38/h2*6-21,38-39H,1-5H3;5-21,37-38H,1-4H3/q3*+1. The molecule has 9 heterocycles. The van der Waals surface area contributed by atoms with Crippen molar-refractivity contribution in [2.45, 2.75) is 112 Å². The molecule has 630 valence electrons. The molecule has 0 aliphatic heterocycles. The van der Waals surface area contributed by atoms with E-state index in [1.165, 1.54) is 178 Å². The average molecular weight is 1700 g/mol. The lowest BCUT2D eigenvalue weighted by atomic mass is 9.60. The Bertz CT molecular complexity index is 8510. The minimum Gasteiger partial charge on any atom is -0.437 e. The number of nitrogens with zero attached hydrogens (tertiary/aromatic N) is 6. The Morgan fingerprint density at radius 3 is 0.840 bits per heavy atom. The highest BCUT2D eigenvalue weighted by Crippen LogP contribution is 2.61. The second-order valence-electron chi connectivity index (χ2n) is 38.1. The van der Waals surface area contributed by atoms with E-state index in [9.17, 15) is 0 Å². The van der Waals surface area contributed by atoms with Crippen molar-refractivity contribution in [2.24, 2.45) is 21.1 Å². The van der Waals surface area contributed by atoms with E-state index in [4.69, 9.17) is 28.2 Å². The zero-order valence-electron chi connectivity index (χ0n) is 76.2. The van der Waals surface area contributed by atoms with Gasteiger partial charge >= 0.3 is 0 Å². The Balaban J connectivity index is 0.000000106. The minimum atomic E-state index is 0.253. The van der Waals surface area contributed by atoms with Crippen LogP contribution in [0.25, 0.3) is 133 Å². The largest absolute Gasteiger partial charge is 0.437 e. The van der Waals surface area contributed by atoms with E-state index < -0.39 is 0 Å². The molecule has 2 unspecified atom stereocenters. The third-order valence-corrected chi connectivity index (χ3v) is 30.1. The first-order valence-corrected chi connectivity index (χ1v) is 46.1. The van der Waals surface area contributed by atoms with E-state index in [2.05, 4.69) is 388 Å². The van der Waals surface area contributed by atoms with Crippen LogP contribution in [0.15, 0.2) is 311 Å². The molecule has 0 amide bonds. The molecule has 0 spiro atoms. The zero-order valence-corrected chi connectivity index (χ0v) is 76.2. The van der Waals surface area contributed by atoms with Crippen LogP contribution in [0.4, 0.5) is 0 Å². The molecule has 9 aliphatic carbocycles. The molecule has 6 bridgehead atoms. The van der Waals surface area contributed by atoms with E-state index in [0.717, 1.165) is 99.9 Å². The normalized spacial score (nSPS) is 16.3. The molecule has 0 saturated heterocycles. The molecule has 131 heavy (non-hydrogen) atoms. The molecular weight excluding hydrogens is 1600 g/mol. The fourth-order valence-corrected chi connectivity index (χ4v) is 24.2. The molecule has 9 aromatic heterocycles. The molecular formula is C122H97N6O3+3. The van der Waals surface area contributed by atoms with E-state index in [0.29, 0.717) is 17.1 Å². The fraction of sp³-hybridized carbons (Fsp3) is 0.164. The molecule has 0 N–H and O–H groups in total. The van der Waals surface area contributed by atoms with Crippen molar-refractivity contribution in [1.29, 1.82) is 0 Å². The van der Waals surface area contributed by atoms with Crippen molar-refractivity contribution in [3.05, 3.63) is 459 Å². The van der Waals surface area contributed by atoms with Gasteiger partial charge in [-0.25, -0.2) is 28.7 Å². The Morgan fingerprint density at radius 1 is 0.221 bits per heavy atom. The highest BCUT2D eigenvalue weighted by atomic mass is 16.3. The number of rotatable bonds is 6. The third kappa shape index (κ3) is 11.8. The first-order chi connectivity index (χ1) is 63.7.